The first-order chi connectivity index (χ1) is 10.9. The zero-order chi connectivity index (χ0) is 17.4. The van der Waals surface area contributed by atoms with Gasteiger partial charge in [-0.1, -0.05) is 11.6 Å². The lowest BCUT2D eigenvalue weighted by Crippen LogP contribution is -2.47. The molecule has 0 spiro atoms. The summed E-state index contributed by atoms with van der Waals surface area (Å²) in [6.07, 6.45) is -0.742. The van der Waals surface area contributed by atoms with E-state index < -0.39 is 12.1 Å². The van der Waals surface area contributed by atoms with Gasteiger partial charge in [0.15, 0.2) is 6.73 Å². The van der Waals surface area contributed by atoms with Gasteiger partial charge >= 0.3 is 12.1 Å². The molecule has 0 aliphatic heterocycles. The average Bonchev–Trinajstić information content (AvgIpc) is 2.50. The normalized spacial score (nSPS) is 10.1. The van der Waals surface area contributed by atoms with Crippen LogP contribution < -0.4 is 15.8 Å². The molecule has 8 heteroatoms. The van der Waals surface area contributed by atoms with Crippen molar-refractivity contribution in [1.29, 1.82) is 0 Å². The smallest absolute Gasteiger partial charge is 0.418 e. The van der Waals surface area contributed by atoms with Crippen LogP contribution in [-0.2, 0) is 4.74 Å². The second-order valence-corrected chi connectivity index (χ2v) is 5.16. The molecule has 0 aliphatic carbocycles. The van der Waals surface area contributed by atoms with E-state index in [1.54, 1.807) is 19.1 Å². The Morgan fingerprint density at radius 1 is 1.30 bits per heavy atom. The first-order valence-electron chi connectivity index (χ1n) is 7.22. The number of nitrogens with two attached hydrogens (primary N) is 1. The largest absolute Gasteiger partial charge is 0.473 e. The fourth-order valence-corrected chi connectivity index (χ4v) is 1.98. The number of hydrogen-bond acceptors (Lipinski definition) is 5. The van der Waals surface area contributed by atoms with Crippen molar-refractivity contribution in [2.24, 2.45) is 5.73 Å². The highest BCUT2D eigenvalue weighted by Crippen LogP contribution is 2.25. The van der Waals surface area contributed by atoms with Crippen LogP contribution in [0.2, 0.25) is 5.02 Å². The Morgan fingerprint density at radius 2 is 1.91 bits per heavy atom. The fraction of sp³-hybridized carbons (Fsp3) is 0.467. The highest BCUT2D eigenvalue weighted by atomic mass is 35.5. The van der Waals surface area contributed by atoms with E-state index in [2.05, 4.69) is 5.32 Å². The summed E-state index contributed by atoms with van der Waals surface area (Å²) in [5.41, 5.74) is 7.15. The Hall–Kier alpha value is -1.99. The zero-order valence-corrected chi connectivity index (χ0v) is 14.3. The summed E-state index contributed by atoms with van der Waals surface area (Å²) in [5, 5.41) is 3.16. The van der Waals surface area contributed by atoms with Crippen LogP contribution in [0.5, 0.6) is 5.75 Å². The predicted molar refractivity (Wildman–Crippen MR) is 87.7 cm³/mol. The van der Waals surface area contributed by atoms with Gasteiger partial charge in [0.05, 0.1) is 6.61 Å². The van der Waals surface area contributed by atoms with Crippen molar-refractivity contribution in [3.05, 3.63) is 28.3 Å². The van der Waals surface area contributed by atoms with Gasteiger partial charge in [0.2, 0.25) is 0 Å². The summed E-state index contributed by atoms with van der Waals surface area (Å²) >= 11 is 6.08. The molecule has 3 N–H and O–H groups in total. The van der Waals surface area contributed by atoms with Gasteiger partial charge in [0.1, 0.15) is 5.75 Å². The van der Waals surface area contributed by atoms with Crippen molar-refractivity contribution in [3.8, 4) is 5.75 Å². The van der Waals surface area contributed by atoms with Crippen molar-refractivity contribution in [3.63, 3.8) is 0 Å². The quantitative estimate of drug-likeness (QED) is 0.773. The van der Waals surface area contributed by atoms with Gasteiger partial charge in [-0.2, -0.15) is 0 Å². The Bertz CT molecular complexity index is 543. The Labute approximate surface area is 140 Å². The lowest BCUT2D eigenvalue weighted by Gasteiger charge is -2.20. The maximum atomic E-state index is 12.0. The first-order valence-corrected chi connectivity index (χ1v) is 7.60. The number of urea groups is 1. The van der Waals surface area contributed by atoms with E-state index in [-0.39, 0.29) is 26.4 Å². The summed E-state index contributed by atoms with van der Waals surface area (Å²) in [6.45, 7) is 5.67. The Balaban J connectivity index is 2.59. The molecule has 0 bridgehead atoms. The van der Waals surface area contributed by atoms with Crippen molar-refractivity contribution >= 4 is 23.7 Å². The Morgan fingerprint density at radius 3 is 2.43 bits per heavy atom. The number of halogens is 1. The van der Waals surface area contributed by atoms with E-state index in [1.807, 2.05) is 13.8 Å². The van der Waals surface area contributed by atoms with Gasteiger partial charge in [-0.15, -0.1) is 0 Å². The number of rotatable bonds is 6. The molecule has 0 aliphatic rings. The van der Waals surface area contributed by atoms with E-state index >= 15 is 0 Å². The highest BCUT2D eigenvalue weighted by Gasteiger charge is 2.21. The standard InChI is InChI=1S/C15H22ClN3O4/c1-4-22-15(21)19(6-5-17)14(20)18-9-23-12-7-10(2)13(16)11(3)8-12/h7-8H,4-6,9,17H2,1-3H3,(H,18,20). The van der Waals surface area contributed by atoms with Gasteiger partial charge < -0.3 is 20.5 Å². The molecule has 128 valence electrons. The minimum Gasteiger partial charge on any atom is -0.473 e. The Kier molecular flexibility index (Phi) is 7.64. The van der Waals surface area contributed by atoms with Crippen LogP contribution >= 0.6 is 11.6 Å². The molecule has 0 fully saturated rings. The number of carbonyl (C=O) groups excluding carboxylic acids is 2. The van der Waals surface area contributed by atoms with Gasteiger partial charge in [-0.3, -0.25) is 0 Å². The van der Waals surface area contributed by atoms with E-state index in [9.17, 15) is 9.59 Å². The maximum absolute atomic E-state index is 12.0. The third-order valence-electron chi connectivity index (χ3n) is 2.96. The number of imide groups is 1. The molecule has 1 rings (SSSR count). The fourth-order valence-electron chi connectivity index (χ4n) is 1.87. The molecule has 1 aromatic rings. The third kappa shape index (κ3) is 5.61. The molecular formula is C15H22ClN3O4. The van der Waals surface area contributed by atoms with Gasteiger partial charge in [0.25, 0.3) is 0 Å². The van der Waals surface area contributed by atoms with Crippen LogP contribution in [0.4, 0.5) is 9.59 Å². The van der Waals surface area contributed by atoms with Crippen LogP contribution in [-0.4, -0.2) is 43.5 Å². The molecule has 0 saturated carbocycles. The summed E-state index contributed by atoms with van der Waals surface area (Å²) in [4.78, 5) is 24.5. The second kappa shape index (κ2) is 9.22. The summed E-state index contributed by atoms with van der Waals surface area (Å²) in [5.74, 6) is 0.575. The topological polar surface area (TPSA) is 93.9 Å². The van der Waals surface area contributed by atoms with E-state index in [1.165, 1.54) is 0 Å². The van der Waals surface area contributed by atoms with Crippen LogP contribution in [0.15, 0.2) is 12.1 Å². The number of carbonyl (C=O) groups is 2. The van der Waals surface area contributed by atoms with Crippen LogP contribution in [0.25, 0.3) is 0 Å². The number of benzene rings is 1. The third-order valence-corrected chi connectivity index (χ3v) is 3.55. The summed E-state index contributed by atoms with van der Waals surface area (Å²) < 4.78 is 10.3. The van der Waals surface area contributed by atoms with Crippen molar-refractivity contribution < 1.29 is 19.1 Å². The minimum absolute atomic E-state index is 0.0594. The number of nitrogens with one attached hydrogen (secondary N) is 1. The second-order valence-electron chi connectivity index (χ2n) is 4.78. The number of aryl methyl sites for hydroxylation is 2. The van der Waals surface area contributed by atoms with Crippen LogP contribution in [0, 0.1) is 13.8 Å². The van der Waals surface area contributed by atoms with Crippen molar-refractivity contribution in [2.45, 2.75) is 20.8 Å². The first kappa shape index (κ1) is 19.1. The number of nitrogens with zero attached hydrogens (tertiary/aromatic N) is 1. The van der Waals surface area contributed by atoms with Crippen molar-refractivity contribution in [2.75, 3.05) is 26.4 Å². The van der Waals surface area contributed by atoms with Gasteiger partial charge in [0, 0.05) is 18.1 Å². The summed E-state index contributed by atoms with van der Waals surface area (Å²) in [7, 11) is 0. The zero-order valence-electron chi connectivity index (χ0n) is 13.5. The van der Waals surface area contributed by atoms with Crippen LogP contribution in [0.1, 0.15) is 18.1 Å². The van der Waals surface area contributed by atoms with Crippen LogP contribution in [0.3, 0.4) is 0 Å². The highest BCUT2D eigenvalue weighted by molar-refractivity contribution is 6.32. The number of hydrogen-bond donors (Lipinski definition) is 2. The molecule has 0 heterocycles. The molecule has 1 aromatic carbocycles. The van der Waals surface area contributed by atoms with Gasteiger partial charge in [-0.05, 0) is 44.0 Å². The molecule has 7 nitrogen and oxygen atoms in total. The molecule has 0 aromatic heterocycles. The molecule has 0 unspecified atom stereocenters. The molecule has 0 saturated heterocycles. The van der Waals surface area contributed by atoms with E-state index in [0.29, 0.717) is 10.8 Å². The molecular weight excluding hydrogens is 322 g/mol. The van der Waals surface area contributed by atoms with E-state index in [4.69, 9.17) is 26.8 Å². The SMILES string of the molecule is CCOC(=O)N(CCN)C(=O)NCOc1cc(C)c(Cl)c(C)c1. The molecule has 0 radical (unpaired) electrons. The van der Waals surface area contributed by atoms with E-state index in [0.717, 1.165) is 16.0 Å². The lowest BCUT2D eigenvalue weighted by molar-refractivity contribution is 0.113. The maximum Gasteiger partial charge on any atom is 0.418 e. The van der Waals surface area contributed by atoms with Gasteiger partial charge in [-0.25, -0.2) is 14.5 Å². The minimum atomic E-state index is -0.742. The number of amides is 3. The summed E-state index contributed by atoms with van der Waals surface area (Å²) in [6, 6.07) is 2.91. The lowest BCUT2D eigenvalue weighted by atomic mass is 10.1. The molecule has 23 heavy (non-hydrogen) atoms. The average molecular weight is 344 g/mol. The van der Waals surface area contributed by atoms with Crippen molar-refractivity contribution in [1.82, 2.24) is 10.2 Å². The predicted octanol–water partition coefficient (Wildman–Crippen LogP) is 2.42. The molecule has 0 atom stereocenters. The molecule has 3 amide bonds. The monoisotopic (exact) mass is 343 g/mol. The number of ether oxygens (including phenoxy) is 2.